The maximum atomic E-state index is 15.8. The summed E-state index contributed by atoms with van der Waals surface area (Å²) in [6.07, 6.45) is -5.78. The van der Waals surface area contributed by atoms with Gasteiger partial charge in [-0.15, -0.1) is 0 Å². The maximum absolute atomic E-state index is 15.8. The number of alkyl halides is 6. The number of likely N-dealkylation sites (N-methyl/N-ethyl adjacent to an activating group) is 7. The van der Waals surface area contributed by atoms with Gasteiger partial charge >= 0.3 is 12.4 Å². The summed E-state index contributed by atoms with van der Waals surface area (Å²) in [5.74, 6) is -11.5. The Morgan fingerprint density at radius 1 is 0.626 bits per heavy atom. The number of rotatable bonds is 10. The molecule has 1 spiro atoms. The van der Waals surface area contributed by atoms with Crippen molar-refractivity contribution in [1.82, 2.24) is 60.0 Å². The number of halogens is 7. The minimum absolute atomic E-state index is 0.0490. The number of fused-ring (bicyclic) bond motifs is 1. The van der Waals surface area contributed by atoms with Crippen molar-refractivity contribution >= 4 is 82.5 Å². The molecule has 12 amide bonds. The Morgan fingerprint density at radius 2 is 1.22 bits per heavy atom. The molecule has 554 valence electrons. The van der Waals surface area contributed by atoms with Crippen LogP contribution >= 0.6 is 11.6 Å². The molecule has 0 radical (unpaired) electrons. The van der Waals surface area contributed by atoms with E-state index in [1.807, 2.05) is 13.8 Å². The van der Waals surface area contributed by atoms with E-state index in [2.05, 4.69) is 16.0 Å². The van der Waals surface area contributed by atoms with Crippen molar-refractivity contribution in [3.63, 3.8) is 0 Å². The molecule has 3 saturated heterocycles. The van der Waals surface area contributed by atoms with Gasteiger partial charge in [-0.05, 0) is 112 Å². The van der Waals surface area contributed by atoms with Crippen LogP contribution in [0.3, 0.4) is 0 Å². The molecule has 1 aromatic carbocycles. The van der Waals surface area contributed by atoms with Gasteiger partial charge in [-0.2, -0.15) is 26.3 Å². The highest BCUT2D eigenvalue weighted by molar-refractivity contribution is 6.31. The monoisotopic (exact) mass is 1430 g/mol. The second-order valence-corrected chi connectivity index (χ2v) is 28.7. The van der Waals surface area contributed by atoms with Crippen LogP contribution < -0.4 is 16.0 Å². The van der Waals surface area contributed by atoms with Gasteiger partial charge in [0.05, 0.1) is 43.1 Å². The molecule has 8 atom stereocenters. The predicted octanol–water partition coefficient (Wildman–Crippen LogP) is 5.41. The van der Waals surface area contributed by atoms with Crippen molar-refractivity contribution in [3.8, 4) is 0 Å². The fraction of sp³-hybridized carbons (Fsp3) is 0.735. The number of hydrogen-bond acceptors (Lipinski definition) is 12. The number of piperidine rings is 1. The highest BCUT2D eigenvalue weighted by Gasteiger charge is 2.52. The number of benzene rings is 1. The highest BCUT2D eigenvalue weighted by atomic mass is 35.5. The van der Waals surface area contributed by atoms with E-state index < -0.39 is 186 Å². The SMILES string of the molecule is CC[C@H](C)[C@@H]1NC(=O)[C@H](CC(C)C)N(C)C(=O)C[C@@H](C(=O)N2CCCCC2)N(C)C(=O)[C@H](C2CCCCC2)N(C)C(=O)C2(CCCC2)NC(=O)C2CCCN2C(=O)[C@H](CCc2ccc(C(F)(F)F)c(Cl)c2)NC(=O)CN(C)C(=O)[C@H](CC(F)(F)F)N(C)C(=O)CN(C)C(=O)CN(C)C1=O. The average molecular weight is 1430 g/mol. The van der Waals surface area contributed by atoms with E-state index in [1.165, 1.54) is 47.8 Å². The van der Waals surface area contributed by atoms with Gasteiger partial charge in [0.15, 0.2) is 0 Å². The molecular formula is C68H101ClF6N12O12. The Hall–Kier alpha value is -7.27. The fourth-order valence-electron chi connectivity index (χ4n) is 14.3. The Kier molecular flexibility index (Phi) is 28.4. The van der Waals surface area contributed by atoms with Crippen LogP contribution in [0.25, 0.3) is 0 Å². The summed E-state index contributed by atoms with van der Waals surface area (Å²) in [5, 5.41) is 7.66. The average Bonchev–Trinajstić information content (AvgIpc) is 1.76. The summed E-state index contributed by atoms with van der Waals surface area (Å²) in [6.45, 7) is 5.02. The number of nitrogens with zero attached hydrogens (tertiary/aromatic N) is 9. The van der Waals surface area contributed by atoms with Crippen LogP contribution in [0.15, 0.2) is 18.2 Å². The second kappa shape index (κ2) is 34.9. The molecule has 0 aromatic heterocycles. The number of nitrogens with one attached hydrogen (secondary N) is 3. The molecular weight excluding hydrogens is 1330 g/mol. The third kappa shape index (κ3) is 20.7. The van der Waals surface area contributed by atoms with Gasteiger partial charge in [-0.3, -0.25) is 57.5 Å². The summed E-state index contributed by atoms with van der Waals surface area (Å²) in [4.78, 5) is 186. The largest absolute Gasteiger partial charge is 0.417 e. The Morgan fingerprint density at radius 3 is 1.81 bits per heavy atom. The first kappa shape index (κ1) is 80.7. The molecule has 5 aliphatic rings. The van der Waals surface area contributed by atoms with Gasteiger partial charge in [-0.25, -0.2) is 0 Å². The van der Waals surface area contributed by atoms with Crippen LogP contribution in [0.4, 0.5) is 26.3 Å². The van der Waals surface area contributed by atoms with Gasteiger partial charge < -0.3 is 60.0 Å². The third-order valence-electron chi connectivity index (χ3n) is 20.5. The molecule has 6 rings (SSSR count). The number of amides is 12. The maximum Gasteiger partial charge on any atom is 0.417 e. The van der Waals surface area contributed by atoms with E-state index in [1.54, 1.807) is 18.7 Å². The molecule has 3 aliphatic heterocycles. The number of likely N-dealkylation sites (tertiary alicyclic amines) is 1. The zero-order valence-electron chi connectivity index (χ0n) is 59.0. The molecule has 3 N–H and O–H groups in total. The van der Waals surface area contributed by atoms with Crippen LogP contribution in [-0.4, -0.2) is 258 Å². The molecule has 99 heavy (non-hydrogen) atoms. The molecule has 24 nitrogen and oxygen atoms in total. The minimum Gasteiger partial charge on any atom is -0.343 e. The molecule has 2 aliphatic carbocycles. The third-order valence-corrected chi connectivity index (χ3v) is 20.8. The smallest absolute Gasteiger partial charge is 0.343 e. The second-order valence-electron chi connectivity index (χ2n) is 28.3. The van der Waals surface area contributed by atoms with E-state index in [0.29, 0.717) is 80.7 Å². The molecule has 31 heteroatoms. The van der Waals surface area contributed by atoms with E-state index in [0.717, 1.165) is 62.0 Å². The quantitative estimate of drug-likeness (QED) is 0.249. The van der Waals surface area contributed by atoms with Crippen molar-refractivity contribution < 1.29 is 83.9 Å². The van der Waals surface area contributed by atoms with E-state index in [4.69, 9.17) is 11.6 Å². The molecule has 5 fully saturated rings. The van der Waals surface area contributed by atoms with Gasteiger partial charge in [0.2, 0.25) is 70.9 Å². The Balaban J connectivity index is 1.44. The lowest BCUT2D eigenvalue weighted by Gasteiger charge is -2.43. The Bertz CT molecular complexity index is 3110. The standard InChI is InChI=1S/C68H101ClF6N12O12/c1-12-42(4)56-63(97)81(7)39-54(90)79(5)40-55(91)83(9)51(37-67(70,71)72)61(95)80(6)38-52(88)76-47(28-26-43-25-27-45(46(69)35-43)68(73,74)75)60(94)87-33-21-24-48(87)59(93)78-66(29-17-18-30-66)65(99)85(11)57(44-22-15-13-16-23-44)64(98)84(10)50(62(96)86-31-19-14-20-32-86)36-53(89)82(8)49(34-41(2)3)58(92)77-56/h25,27,35,41-42,44,47-51,56-57H,12-24,26,28-34,36-40H2,1-11H3,(H,76,88)(H,77,92)(H,78,93)/t42-,47-,48?,49-,50-,51-,56-,57-/m0/s1. The van der Waals surface area contributed by atoms with E-state index >= 15 is 28.8 Å². The zero-order chi connectivity index (χ0) is 73.8. The van der Waals surface area contributed by atoms with Crippen molar-refractivity contribution in [2.75, 3.05) is 88.6 Å². The lowest BCUT2D eigenvalue weighted by atomic mass is 9.81. The summed E-state index contributed by atoms with van der Waals surface area (Å²) >= 11 is 6.07. The zero-order valence-corrected chi connectivity index (χ0v) is 59.7. The topological polar surface area (TPSA) is 270 Å². The van der Waals surface area contributed by atoms with Gasteiger partial charge in [0, 0.05) is 69.0 Å². The molecule has 1 aromatic rings. The van der Waals surface area contributed by atoms with Crippen molar-refractivity contribution in [1.29, 1.82) is 0 Å². The van der Waals surface area contributed by atoms with Crippen molar-refractivity contribution in [3.05, 3.63) is 34.3 Å². The van der Waals surface area contributed by atoms with Crippen LogP contribution in [0.2, 0.25) is 5.02 Å². The number of carbonyl (C=O) groups is 12. The lowest BCUT2D eigenvalue weighted by Crippen LogP contribution is -2.65. The summed E-state index contributed by atoms with van der Waals surface area (Å²) in [7, 11) is 8.53. The lowest BCUT2D eigenvalue weighted by molar-refractivity contribution is -0.166. The number of aryl methyl sites for hydroxylation is 1. The first-order valence-electron chi connectivity index (χ1n) is 34.5. The molecule has 0 bridgehead atoms. The van der Waals surface area contributed by atoms with Crippen LogP contribution in [0.5, 0.6) is 0 Å². The van der Waals surface area contributed by atoms with Crippen LogP contribution in [0, 0.1) is 17.8 Å². The number of hydrogen-bond donors (Lipinski definition) is 3. The van der Waals surface area contributed by atoms with Crippen LogP contribution in [0.1, 0.15) is 161 Å². The normalized spacial score (nSPS) is 26.2. The van der Waals surface area contributed by atoms with Crippen molar-refractivity contribution in [2.24, 2.45) is 17.8 Å². The van der Waals surface area contributed by atoms with Gasteiger partial charge in [0.1, 0.15) is 47.8 Å². The fourth-order valence-corrected chi connectivity index (χ4v) is 14.6. The molecule has 2 saturated carbocycles. The summed E-state index contributed by atoms with van der Waals surface area (Å²) in [6, 6.07) is -7.60. The summed E-state index contributed by atoms with van der Waals surface area (Å²) in [5.41, 5.74) is -2.60. The van der Waals surface area contributed by atoms with Crippen molar-refractivity contribution in [2.45, 2.75) is 216 Å². The first-order valence-corrected chi connectivity index (χ1v) is 34.9. The van der Waals surface area contributed by atoms with E-state index in [9.17, 15) is 55.1 Å². The predicted molar refractivity (Wildman–Crippen MR) is 353 cm³/mol. The first-order chi connectivity index (χ1) is 46.3. The van der Waals surface area contributed by atoms with Gasteiger partial charge in [-0.1, -0.05) is 83.9 Å². The highest BCUT2D eigenvalue weighted by Crippen LogP contribution is 2.38. The van der Waals surface area contributed by atoms with Gasteiger partial charge in [0.25, 0.3) is 0 Å². The Labute approximate surface area is 581 Å². The molecule has 3 heterocycles. The van der Waals surface area contributed by atoms with E-state index in [-0.39, 0.29) is 63.0 Å². The molecule has 1 unspecified atom stereocenters. The van der Waals surface area contributed by atoms with Crippen LogP contribution in [-0.2, 0) is 70.1 Å². The minimum atomic E-state index is -5.10. The summed E-state index contributed by atoms with van der Waals surface area (Å²) < 4.78 is 84.6. The number of carbonyl (C=O) groups excluding carboxylic acids is 12.